The predicted molar refractivity (Wildman–Crippen MR) is 125 cm³/mol. The van der Waals surface area contributed by atoms with Gasteiger partial charge in [0.2, 0.25) is 0 Å². The Balaban J connectivity index is 1.60. The molecule has 0 saturated carbocycles. The summed E-state index contributed by atoms with van der Waals surface area (Å²) in [6, 6.07) is 24.5. The normalized spacial score (nSPS) is 20.4. The van der Waals surface area contributed by atoms with Gasteiger partial charge < -0.3 is 14.0 Å². The van der Waals surface area contributed by atoms with E-state index in [1.165, 1.54) is 5.56 Å². The highest BCUT2D eigenvalue weighted by Crippen LogP contribution is 2.58. The second-order valence-electron chi connectivity index (χ2n) is 9.28. The Morgan fingerprint density at radius 3 is 2.53 bits per heavy atom. The summed E-state index contributed by atoms with van der Waals surface area (Å²) in [6.07, 6.45) is 0. The van der Waals surface area contributed by atoms with Gasteiger partial charge in [0, 0.05) is 35.0 Å². The fraction of sp³-hybridized carbons (Fsp3) is 0.250. The van der Waals surface area contributed by atoms with E-state index in [-0.39, 0.29) is 17.6 Å². The average molecular weight is 424 g/mol. The van der Waals surface area contributed by atoms with Gasteiger partial charge in [-0.25, -0.2) is 0 Å². The summed E-state index contributed by atoms with van der Waals surface area (Å²) in [5, 5.41) is 1.15. The van der Waals surface area contributed by atoms with E-state index in [1.54, 1.807) is 7.11 Å². The first-order chi connectivity index (χ1) is 15.5. The van der Waals surface area contributed by atoms with E-state index in [0.29, 0.717) is 6.54 Å². The number of para-hydroxylation sites is 1. The summed E-state index contributed by atoms with van der Waals surface area (Å²) in [4.78, 5) is 14.1. The molecule has 3 aromatic carbocycles. The van der Waals surface area contributed by atoms with Crippen molar-refractivity contribution in [1.82, 2.24) is 4.57 Å². The van der Waals surface area contributed by atoms with Gasteiger partial charge in [0.05, 0.1) is 18.7 Å². The summed E-state index contributed by atoms with van der Waals surface area (Å²) in [5.74, 6) is 1.36. The van der Waals surface area contributed by atoms with Crippen molar-refractivity contribution < 1.29 is 14.3 Å². The van der Waals surface area contributed by atoms with Crippen LogP contribution in [0.3, 0.4) is 0 Å². The molecule has 0 saturated heterocycles. The molecule has 4 nitrogen and oxygen atoms in total. The van der Waals surface area contributed by atoms with Crippen molar-refractivity contribution in [3.63, 3.8) is 0 Å². The fourth-order valence-electron chi connectivity index (χ4n) is 5.71. The summed E-state index contributed by atoms with van der Waals surface area (Å²) in [5.41, 5.74) is 4.64. The van der Waals surface area contributed by atoms with Crippen LogP contribution < -0.4 is 9.47 Å². The Kier molecular flexibility index (Phi) is 4.03. The Morgan fingerprint density at radius 2 is 1.75 bits per heavy atom. The van der Waals surface area contributed by atoms with E-state index in [2.05, 4.69) is 48.7 Å². The molecule has 0 amide bonds. The van der Waals surface area contributed by atoms with Crippen LogP contribution in [-0.4, -0.2) is 23.1 Å². The lowest BCUT2D eigenvalue weighted by atomic mass is 9.73. The fourth-order valence-corrected chi connectivity index (χ4v) is 5.71. The third-order valence-electron chi connectivity index (χ3n) is 7.03. The molecule has 4 aromatic rings. The van der Waals surface area contributed by atoms with Crippen molar-refractivity contribution in [2.45, 2.75) is 37.8 Å². The van der Waals surface area contributed by atoms with Crippen molar-refractivity contribution >= 4 is 16.7 Å². The molecule has 1 aromatic heterocycles. The first kappa shape index (κ1) is 19.2. The van der Waals surface area contributed by atoms with Gasteiger partial charge in [0.1, 0.15) is 17.1 Å². The van der Waals surface area contributed by atoms with Gasteiger partial charge in [-0.1, -0.05) is 54.6 Å². The lowest BCUT2D eigenvalue weighted by Gasteiger charge is -2.41. The van der Waals surface area contributed by atoms with Crippen LogP contribution in [0.15, 0.2) is 72.8 Å². The SMILES string of the molecule is COc1ccc2c(c1)OC(C)(C)[C@H]1c3c(n(Cc4ccccc4)c4ccccc34)C(=O)[C@@H]21. The monoisotopic (exact) mass is 423 g/mol. The molecule has 0 bridgehead atoms. The zero-order valence-corrected chi connectivity index (χ0v) is 18.5. The van der Waals surface area contributed by atoms with Crippen LogP contribution in [0, 0.1) is 0 Å². The van der Waals surface area contributed by atoms with Crippen molar-refractivity contribution in [3.05, 3.63) is 95.2 Å². The highest BCUT2D eigenvalue weighted by molar-refractivity contribution is 6.11. The van der Waals surface area contributed by atoms with Crippen LogP contribution in [0.1, 0.15) is 52.9 Å². The number of aromatic nitrogens is 1. The summed E-state index contributed by atoms with van der Waals surface area (Å²) in [7, 11) is 1.65. The summed E-state index contributed by atoms with van der Waals surface area (Å²) >= 11 is 0. The van der Waals surface area contributed by atoms with Crippen LogP contribution >= 0.6 is 0 Å². The Morgan fingerprint density at radius 1 is 1.00 bits per heavy atom. The molecule has 0 N–H and O–H groups in total. The minimum absolute atomic E-state index is 0.0483. The molecule has 1 aliphatic heterocycles. The third kappa shape index (κ3) is 2.59. The van der Waals surface area contributed by atoms with Gasteiger partial charge in [-0.2, -0.15) is 0 Å². The van der Waals surface area contributed by atoms with Gasteiger partial charge in [0.15, 0.2) is 5.78 Å². The number of methoxy groups -OCH3 is 1. The number of fused-ring (bicyclic) bond motifs is 7. The molecule has 0 unspecified atom stereocenters. The first-order valence-electron chi connectivity index (χ1n) is 11.1. The lowest BCUT2D eigenvalue weighted by Crippen LogP contribution is -2.42. The van der Waals surface area contributed by atoms with E-state index in [4.69, 9.17) is 9.47 Å². The van der Waals surface area contributed by atoms with Crippen molar-refractivity contribution in [2.75, 3.05) is 7.11 Å². The molecule has 1 aliphatic carbocycles. The van der Waals surface area contributed by atoms with Gasteiger partial charge >= 0.3 is 0 Å². The third-order valence-corrected chi connectivity index (χ3v) is 7.03. The number of hydrogen-bond acceptors (Lipinski definition) is 3. The van der Waals surface area contributed by atoms with Crippen LogP contribution in [0.25, 0.3) is 10.9 Å². The van der Waals surface area contributed by atoms with Gasteiger partial charge in [-0.15, -0.1) is 0 Å². The van der Waals surface area contributed by atoms with Crippen molar-refractivity contribution in [3.8, 4) is 11.5 Å². The van der Waals surface area contributed by atoms with E-state index < -0.39 is 5.60 Å². The molecule has 0 radical (unpaired) electrons. The number of Topliss-reactive ketones (excluding diaryl/α,β-unsaturated/α-hetero) is 1. The van der Waals surface area contributed by atoms with Crippen molar-refractivity contribution in [2.24, 2.45) is 0 Å². The van der Waals surface area contributed by atoms with E-state index >= 15 is 0 Å². The highest BCUT2D eigenvalue weighted by Gasteiger charge is 2.55. The van der Waals surface area contributed by atoms with Crippen LogP contribution in [0.2, 0.25) is 0 Å². The molecule has 0 fully saturated rings. The highest BCUT2D eigenvalue weighted by atomic mass is 16.5. The molecule has 2 atom stereocenters. The Hall–Kier alpha value is -3.53. The number of benzene rings is 3. The predicted octanol–water partition coefficient (Wildman–Crippen LogP) is 5.93. The molecule has 0 spiro atoms. The second kappa shape index (κ2) is 6.73. The maximum absolute atomic E-state index is 14.1. The van der Waals surface area contributed by atoms with Crippen molar-refractivity contribution in [1.29, 1.82) is 0 Å². The van der Waals surface area contributed by atoms with E-state index in [1.807, 2.05) is 42.5 Å². The minimum atomic E-state index is -0.535. The number of ketones is 1. The quantitative estimate of drug-likeness (QED) is 0.410. The van der Waals surface area contributed by atoms with E-state index in [0.717, 1.165) is 39.2 Å². The molecule has 4 heteroatoms. The molecule has 160 valence electrons. The number of nitrogens with zero attached hydrogens (tertiary/aromatic N) is 1. The standard InChI is InChI=1S/C28H25NO3/c1-28(2)25-23-19-11-7-8-12-21(19)29(16-17-9-5-4-6-10-17)26(23)27(30)24(25)20-14-13-18(31-3)15-22(20)32-28/h4-15,24-25H,16H2,1-3H3/t24-,25-/m0/s1. The summed E-state index contributed by atoms with van der Waals surface area (Å²) in [6.45, 7) is 4.86. The van der Waals surface area contributed by atoms with Gasteiger partial charge in [-0.3, -0.25) is 4.79 Å². The van der Waals surface area contributed by atoms with Crippen LogP contribution in [0.4, 0.5) is 0 Å². The van der Waals surface area contributed by atoms with Crippen LogP contribution in [-0.2, 0) is 6.54 Å². The molecule has 2 aliphatic rings. The number of hydrogen-bond donors (Lipinski definition) is 0. The van der Waals surface area contributed by atoms with Crippen LogP contribution in [0.5, 0.6) is 11.5 Å². The molecular weight excluding hydrogens is 398 g/mol. The smallest absolute Gasteiger partial charge is 0.187 e. The minimum Gasteiger partial charge on any atom is -0.497 e. The molecule has 6 rings (SSSR count). The first-order valence-corrected chi connectivity index (χ1v) is 11.1. The lowest BCUT2D eigenvalue weighted by molar-refractivity contribution is 0.0482. The van der Waals surface area contributed by atoms with Gasteiger partial charge in [-0.05, 0) is 37.1 Å². The maximum atomic E-state index is 14.1. The Bertz CT molecular complexity index is 1370. The Labute approximate surface area is 187 Å². The van der Waals surface area contributed by atoms with E-state index in [9.17, 15) is 4.79 Å². The second-order valence-corrected chi connectivity index (χ2v) is 9.28. The average Bonchev–Trinajstić information content (AvgIpc) is 3.28. The number of carbonyl (C=O) groups is 1. The molecule has 2 heterocycles. The summed E-state index contributed by atoms with van der Waals surface area (Å²) < 4.78 is 14.1. The maximum Gasteiger partial charge on any atom is 0.187 e. The zero-order valence-electron chi connectivity index (χ0n) is 18.5. The number of carbonyl (C=O) groups excluding carboxylic acids is 1. The topological polar surface area (TPSA) is 40.5 Å². The number of rotatable bonds is 3. The molecular formula is C28H25NO3. The van der Waals surface area contributed by atoms with Gasteiger partial charge in [0.25, 0.3) is 0 Å². The molecule has 32 heavy (non-hydrogen) atoms. The zero-order chi connectivity index (χ0) is 22.0. The largest absolute Gasteiger partial charge is 0.497 e. The number of ether oxygens (including phenoxy) is 2.